The molecule has 0 aliphatic rings. The number of hydrogen-bond donors (Lipinski definition) is 1. The van der Waals surface area contributed by atoms with Crippen LogP contribution >= 0.6 is 27.3 Å². The first-order valence-corrected chi connectivity index (χ1v) is 8.81. The lowest BCUT2D eigenvalue weighted by atomic mass is 10.2. The highest BCUT2D eigenvalue weighted by Gasteiger charge is 2.40. The number of nitrogens with one attached hydrogen (secondary N) is 1. The number of nitrogens with zero attached hydrogens (tertiary/aromatic N) is 3. The lowest BCUT2D eigenvalue weighted by Gasteiger charge is -2.12. The van der Waals surface area contributed by atoms with Crippen LogP contribution in [0.4, 0.5) is 13.2 Å². The molecular weight excluding hydrogens is 433 g/mol. The van der Waals surface area contributed by atoms with Gasteiger partial charge >= 0.3 is 6.18 Å². The van der Waals surface area contributed by atoms with Gasteiger partial charge in [0.05, 0.1) is 23.7 Å². The summed E-state index contributed by atoms with van der Waals surface area (Å²) in [5.74, 6) is -0.994. The van der Waals surface area contributed by atoms with Gasteiger partial charge in [-0.3, -0.25) is 4.79 Å². The predicted molar refractivity (Wildman–Crippen MR) is 95.6 cm³/mol. The molecule has 2 heterocycles. The lowest BCUT2D eigenvalue weighted by Crippen LogP contribution is -2.23. The normalized spacial score (nSPS) is 11.8. The van der Waals surface area contributed by atoms with Crippen molar-refractivity contribution in [1.29, 1.82) is 0 Å². The molecule has 0 spiro atoms. The number of hydrazone groups is 1. The second kappa shape index (κ2) is 7.42. The maximum atomic E-state index is 13.5. The van der Waals surface area contributed by atoms with Gasteiger partial charge in [-0.05, 0) is 34.1 Å². The topological polar surface area (TPSA) is 59.3 Å². The van der Waals surface area contributed by atoms with Crippen LogP contribution in [0.3, 0.4) is 0 Å². The van der Waals surface area contributed by atoms with E-state index in [0.717, 1.165) is 15.5 Å². The van der Waals surface area contributed by atoms with E-state index in [2.05, 4.69) is 31.6 Å². The number of alkyl halides is 3. The summed E-state index contributed by atoms with van der Waals surface area (Å²) in [6.07, 6.45) is -2.54. The average Bonchev–Trinajstić information content (AvgIpc) is 3.21. The zero-order valence-corrected chi connectivity index (χ0v) is 15.3. The van der Waals surface area contributed by atoms with Gasteiger partial charge in [-0.1, -0.05) is 18.2 Å². The summed E-state index contributed by atoms with van der Waals surface area (Å²) in [4.78, 5) is 12.9. The molecular formula is C16H10BrF3N4OS. The Morgan fingerprint density at radius 3 is 2.65 bits per heavy atom. The van der Waals surface area contributed by atoms with Crippen molar-refractivity contribution in [3.05, 3.63) is 68.6 Å². The number of benzene rings is 1. The smallest absolute Gasteiger partial charge is 0.267 e. The Balaban J connectivity index is 1.88. The Labute approximate surface area is 158 Å². The van der Waals surface area contributed by atoms with E-state index in [-0.39, 0.29) is 5.69 Å². The lowest BCUT2D eigenvalue weighted by molar-refractivity contribution is -0.143. The molecule has 5 nitrogen and oxygen atoms in total. The highest BCUT2D eigenvalue weighted by Crippen LogP contribution is 2.33. The molecule has 0 unspecified atom stereocenters. The summed E-state index contributed by atoms with van der Waals surface area (Å²) in [6.45, 7) is 0. The third-order valence-electron chi connectivity index (χ3n) is 3.23. The fraction of sp³-hybridized carbons (Fsp3) is 0.0625. The third kappa shape index (κ3) is 4.02. The van der Waals surface area contributed by atoms with E-state index in [9.17, 15) is 18.0 Å². The van der Waals surface area contributed by atoms with Crippen molar-refractivity contribution < 1.29 is 18.0 Å². The number of para-hydroxylation sites is 1. The van der Waals surface area contributed by atoms with Crippen molar-refractivity contribution in [3.63, 3.8) is 0 Å². The molecule has 1 aromatic carbocycles. The number of carbonyl (C=O) groups is 1. The van der Waals surface area contributed by atoms with E-state index in [1.54, 1.807) is 24.3 Å². The zero-order valence-electron chi connectivity index (χ0n) is 12.9. The van der Waals surface area contributed by atoms with Gasteiger partial charge in [-0.25, -0.2) is 10.1 Å². The molecule has 0 bridgehead atoms. The van der Waals surface area contributed by atoms with Crippen LogP contribution in [-0.4, -0.2) is 21.9 Å². The molecule has 0 radical (unpaired) electrons. The van der Waals surface area contributed by atoms with Crippen LogP contribution in [0.15, 0.2) is 57.5 Å². The van der Waals surface area contributed by atoms with Crippen LogP contribution in [0, 0.1) is 0 Å². The SMILES string of the molecule is O=C(NN=Cc1cc(Br)cs1)c1cnn(-c2ccccc2)c1C(F)(F)F. The summed E-state index contributed by atoms with van der Waals surface area (Å²) < 4.78 is 42.0. The molecule has 26 heavy (non-hydrogen) atoms. The number of amides is 1. The Morgan fingerprint density at radius 1 is 1.31 bits per heavy atom. The summed E-state index contributed by atoms with van der Waals surface area (Å²) in [6, 6.07) is 9.54. The maximum Gasteiger partial charge on any atom is 0.434 e. The molecule has 3 aromatic rings. The van der Waals surface area contributed by atoms with Crippen LogP contribution in [0.2, 0.25) is 0 Å². The number of halogens is 4. The summed E-state index contributed by atoms with van der Waals surface area (Å²) in [5, 5.41) is 9.23. The Bertz CT molecular complexity index is 950. The van der Waals surface area contributed by atoms with E-state index >= 15 is 0 Å². The van der Waals surface area contributed by atoms with Crippen molar-refractivity contribution in [2.45, 2.75) is 6.18 Å². The molecule has 1 N–H and O–H groups in total. The molecule has 0 saturated carbocycles. The van der Waals surface area contributed by atoms with Crippen LogP contribution in [0.1, 0.15) is 20.9 Å². The molecule has 0 fully saturated rings. The van der Waals surface area contributed by atoms with E-state index in [1.165, 1.54) is 29.7 Å². The molecule has 134 valence electrons. The second-order valence-electron chi connectivity index (χ2n) is 5.02. The van der Waals surface area contributed by atoms with Gasteiger partial charge in [0.25, 0.3) is 5.91 Å². The second-order valence-corrected chi connectivity index (χ2v) is 6.88. The molecule has 0 saturated heterocycles. The minimum atomic E-state index is -4.76. The Hall–Kier alpha value is -2.46. The fourth-order valence-corrected chi connectivity index (χ4v) is 3.47. The summed E-state index contributed by atoms with van der Waals surface area (Å²) in [5.41, 5.74) is 0.540. The molecule has 1 amide bonds. The molecule has 2 aromatic heterocycles. The standard InChI is InChI=1S/C16H10BrF3N4OS/c17-10-6-12(26-9-10)7-21-23-15(25)13-8-22-24(14(13)16(18,19)20)11-4-2-1-3-5-11/h1-9H,(H,23,25). The third-order valence-corrected chi connectivity index (χ3v) is 4.86. The Morgan fingerprint density at radius 2 is 2.04 bits per heavy atom. The number of rotatable bonds is 4. The fourth-order valence-electron chi connectivity index (χ4n) is 2.16. The molecule has 0 aliphatic heterocycles. The van der Waals surface area contributed by atoms with Gasteiger partial charge in [0.1, 0.15) is 0 Å². The van der Waals surface area contributed by atoms with Gasteiger partial charge in [0.2, 0.25) is 0 Å². The van der Waals surface area contributed by atoms with E-state index in [1.807, 2.05) is 5.38 Å². The van der Waals surface area contributed by atoms with Crippen molar-refractivity contribution in [3.8, 4) is 5.69 Å². The van der Waals surface area contributed by atoms with Gasteiger partial charge in [0.15, 0.2) is 5.69 Å². The molecule has 3 rings (SSSR count). The monoisotopic (exact) mass is 442 g/mol. The van der Waals surface area contributed by atoms with E-state index in [4.69, 9.17) is 0 Å². The van der Waals surface area contributed by atoms with Crippen molar-refractivity contribution in [2.24, 2.45) is 5.10 Å². The summed E-state index contributed by atoms with van der Waals surface area (Å²) in [7, 11) is 0. The van der Waals surface area contributed by atoms with E-state index in [0.29, 0.717) is 4.68 Å². The average molecular weight is 443 g/mol. The zero-order chi connectivity index (χ0) is 18.7. The molecule has 0 aliphatic carbocycles. The van der Waals surface area contributed by atoms with Gasteiger partial charge < -0.3 is 0 Å². The number of thiophene rings is 1. The number of aromatic nitrogens is 2. The summed E-state index contributed by atoms with van der Waals surface area (Å²) >= 11 is 4.63. The molecule has 10 heteroatoms. The highest BCUT2D eigenvalue weighted by molar-refractivity contribution is 9.10. The first kappa shape index (κ1) is 18.3. The highest BCUT2D eigenvalue weighted by atomic mass is 79.9. The quantitative estimate of drug-likeness (QED) is 0.478. The van der Waals surface area contributed by atoms with Crippen molar-refractivity contribution in [1.82, 2.24) is 15.2 Å². The van der Waals surface area contributed by atoms with Crippen LogP contribution in [-0.2, 0) is 6.18 Å². The first-order chi connectivity index (χ1) is 12.4. The first-order valence-electron chi connectivity index (χ1n) is 7.14. The minimum absolute atomic E-state index is 0.200. The van der Waals surface area contributed by atoms with Crippen molar-refractivity contribution in [2.75, 3.05) is 0 Å². The van der Waals surface area contributed by atoms with Gasteiger partial charge in [-0.15, -0.1) is 11.3 Å². The van der Waals surface area contributed by atoms with Gasteiger partial charge in [-0.2, -0.15) is 23.4 Å². The maximum absolute atomic E-state index is 13.5. The minimum Gasteiger partial charge on any atom is -0.267 e. The van der Waals surface area contributed by atoms with E-state index < -0.39 is 23.3 Å². The molecule has 0 atom stereocenters. The van der Waals surface area contributed by atoms with Crippen LogP contribution < -0.4 is 5.43 Å². The van der Waals surface area contributed by atoms with Crippen LogP contribution in [0.5, 0.6) is 0 Å². The Kier molecular flexibility index (Phi) is 5.23. The predicted octanol–water partition coefficient (Wildman–Crippen LogP) is 4.48. The number of hydrogen-bond acceptors (Lipinski definition) is 4. The largest absolute Gasteiger partial charge is 0.434 e. The van der Waals surface area contributed by atoms with Crippen LogP contribution in [0.25, 0.3) is 5.69 Å². The number of carbonyl (C=O) groups excluding carboxylic acids is 1. The van der Waals surface area contributed by atoms with Crippen molar-refractivity contribution >= 4 is 39.4 Å². The van der Waals surface area contributed by atoms with Gasteiger partial charge in [0, 0.05) is 14.7 Å².